The van der Waals surface area contributed by atoms with E-state index in [1.807, 2.05) is 0 Å². The second-order valence-electron chi connectivity index (χ2n) is 4.17. The summed E-state index contributed by atoms with van der Waals surface area (Å²) in [7, 11) is 0. The van der Waals surface area contributed by atoms with Gasteiger partial charge in [0.2, 0.25) is 0 Å². The van der Waals surface area contributed by atoms with E-state index in [0.29, 0.717) is 13.2 Å². The van der Waals surface area contributed by atoms with Gasteiger partial charge in [-0.2, -0.15) is 0 Å². The average molecular weight is 232 g/mol. The number of ether oxygens (including phenoxy) is 2. The Bertz CT molecular complexity index is 114. The monoisotopic (exact) mass is 232 g/mol. The van der Waals surface area contributed by atoms with Crippen LogP contribution in [0.5, 0.6) is 0 Å². The molecule has 0 aromatic carbocycles. The highest BCUT2D eigenvalue weighted by Gasteiger charge is 2.02. The fourth-order valence-corrected chi connectivity index (χ4v) is 1.47. The van der Waals surface area contributed by atoms with Crippen molar-refractivity contribution in [1.29, 1.82) is 0 Å². The Balaban J connectivity index is 3.09. The number of hydrogen-bond acceptors (Lipinski definition) is 3. The van der Waals surface area contributed by atoms with Crippen LogP contribution >= 0.6 is 0 Å². The van der Waals surface area contributed by atoms with Gasteiger partial charge >= 0.3 is 0 Å². The van der Waals surface area contributed by atoms with Crippen molar-refractivity contribution in [2.45, 2.75) is 71.7 Å². The second-order valence-corrected chi connectivity index (χ2v) is 4.17. The van der Waals surface area contributed by atoms with Crippen LogP contribution < -0.4 is 0 Å². The van der Waals surface area contributed by atoms with Crippen molar-refractivity contribution in [3.63, 3.8) is 0 Å². The summed E-state index contributed by atoms with van der Waals surface area (Å²) in [5.41, 5.74) is 0. The smallest absolute Gasteiger partial charge is 0.269 e. The first-order valence-electron chi connectivity index (χ1n) is 6.72. The van der Waals surface area contributed by atoms with Gasteiger partial charge in [-0.05, 0) is 12.8 Å². The summed E-state index contributed by atoms with van der Waals surface area (Å²) in [6.07, 6.45) is 9.25. The van der Waals surface area contributed by atoms with E-state index in [-0.39, 0.29) is 0 Å². The number of hydrogen-bond donors (Lipinski definition) is 1. The van der Waals surface area contributed by atoms with Crippen molar-refractivity contribution in [3.8, 4) is 0 Å². The molecule has 16 heavy (non-hydrogen) atoms. The molecule has 0 aliphatic heterocycles. The summed E-state index contributed by atoms with van der Waals surface area (Å²) >= 11 is 0. The largest absolute Gasteiger partial charge is 0.346 e. The summed E-state index contributed by atoms with van der Waals surface area (Å²) in [6.45, 7) is 4.51. The SMILES string of the molecule is CCCCCCOC(O)OCCCCCC. The van der Waals surface area contributed by atoms with E-state index in [4.69, 9.17) is 9.47 Å². The van der Waals surface area contributed by atoms with Gasteiger partial charge in [-0.1, -0.05) is 52.4 Å². The molecule has 0 bridgehead atoms. The van der Waals surface area contributed by atoms with E-state index >= 15 is 0 Å². The van der Waals surface area contributed by atoms with Crippen molar-refractivity contribution in [2.75, 3.05) is 13.2 Å². The highest BCUT2D eigenvalue weighted by molar-refractivity contribution is 4.40. The molecule has 98 valence electrons. The van der Waals surface area contributed by atoms with Gasteiger partial charge in [0.15, 0.2) is 0 Å². The van der Waals surface area contributed by atoms with Crippen molar-refractivity contribution in [3.05, 3.63) is 0 Å². The summed E-state index contributed by atoms with van der Waals surface area (Å²) in [4.78, 5) is 0. The molecule has 3 nitrogen and oxygen atoms in total. The van der Waals surface area contributed by atoms with Crippen LogP contribution in [-0.4, -0.2) is 24.8 Å². The molecule has 0 aliphatic rings. The van der Waals surface area contributed by atoms with Gasteiger partial charge < -0.3 is 14.6 Å². The highest BCUT2D eigenvalue weighted by Crippen LogP contribution is 2.03. The lowest BCUT2D eigenvalue weighted by molar-refractivity contribution is -0.263. The van der Waals surface area contributed by atoms with Crippen LogP contribution in [0.1, 0.15) is 65.2 Å². The Hall–Kier alpha value is -0.120. The maximum Gasteiger partial charge on any atom is 0.269 e. The van der Waals surface area contributed by atoms with Gasteiger partial charge in [0.05, 0.1) is 13.2 Å². The second kappa shape index (κ2) is 12.9. The first-order valence-corrected chi connectivity index (χ1v) is 6.72. The molecule has 0 amide bonds. The summed E-state index contributed by atoms with van der Waals surface area (Å²) in [5, 5.41) is 9.32. The summed E-state index contributed by atoms with van der Waals surface area (Å²) in [5.74, 6) is 0. The molecule has 0 fully saturated rings. The zero-order chi connectivity index (χ0) is 12.1. The lowest BCUT2D eigenvalue weighted by Gasteiger charge is -2.12. The van der Waals surface area contributed by atoms with Crippen LogP contribution in [0.25, 0.3) is 0 Å². The predicted octanol–water partition coefficient (Wildman–Crippen LogP) is 3.46. The Morgan fingerprint density at radius 3 is 1.56 bits per heavy atom. The third-order valence-electron chi connectivity index (χ3n) is 2.52. The minimum atomic E-state index is -1.02. The molecule has 0 spiro atoms. The molecular weight excluding hydrogens is 204 g/mol. The van der Waals surface area contributed by atoms with Crippen LogP contribution in [0.15, 0.2) is 0 Å². The van der Waals surface area contributed by atoms with E-state index in [1.165, 1.54) is 38.5 Å². The molecule has 0 saturated heterocycles. The third-order valence-corrected chi connectivity index (χ3v) is 2.52. The lowest BCUT2D eigenvalue weighted by atomic mass is 10.2. The average Bonchev–Trinajstić information content (AvgIpc) is 2.28. The van der Waals surface area contributed by atoms with Crippen LogP contribution in [-0.2, 0) is 9.47 Å². The van der Waals surface area contributed by atoms with Gasteiger partial charge in [0.25, 0.3) is 6.48 Å². The van der Waals surface area contributed by atoms with Crippen LogP contribution in [0.2, 0.25) is 0 Å². The number of aliphatic hydroxyl groups is 1. The molecule has 0 unspecified atom stereocenters. The fraction of sp³-hybridized carbons (Fsp3) is 1.00. The summed E-state index contributed by atoms with van der Waals surface area (Å²) in [6, 6.07) is 0. The van der Waals surface area contributed by atoms with E-state index in [1.54, 1.807) is 0 Å². The summed E-state index contributed by atoms with van der Waals surface area (Å²) < 4.78 is 10.3. The van der Waals surface area contributed by atoms with Crippen molar-refractivity contribution in [1.82, 2.24) is 0 Å². The molecule has 0 aliphatic carbocycles. The number of rotatable bonds is 12. The van der Waals surface area contributed by atoms with Crippen LogP contribution in [0, 0.1) is 0 Å². The molecule has 0 heterocycles. The fourth-order valence-electron chi connectivity index (χ4n) is 1.47. The van der Waals surface area contributed by atoms with E-state index in [2.05, 4.69) is 13.8 Å². The predicted molar refractivity (Wildman–Crippen MR) is 66.2 cm³/mol. The maximum atomic E-state index is 9.32. The molecule has 0 saturated carbocycles. The van der Waals surface area contributed by atoms with Crippen LogP contribution in [0.3, 0.4) is 0 Å². The first-order chi connectivity index (χ1) is 7.81. The Morgan fingerprint density at radius 1 is 0.750 bits per heavy atom. The van der Waals surface area contributed by atoms with Crippen molar-refractivity contribution >= 4 is 0 Å². The topological polar surface area (TPSA) is 38.7 Å². The standard InChI is InChI=1S/C13H28O3/c1-3-5-7-9-11-15-13(14)16-12-10-8-6-4-2/h13-14H,3-12H2,1-2H3. The minimum Gasteiger partial charge on any atom is -0.346 e. The first kappa shape index (κ1) is 15.9. The van der Waals surface area contributed by atoms with E-state index in [9.17, 15) is 5.11 Å². The zero-order valence-corrected chi connectivity index (χ0v) is 10.9. The maximum absolute atomic E-state index is 9.32. The lowest BCUT2D eigenvalue weighted by Crippen LogP contribution is -2.17. The van der Waals surface area contributed by atoms with Gasteiger partial charge in [0, 0.05) is 0 Å². The number of aliphatic hydroxyl groups excluding tert-OH is 1. The molecule has 0 atom stereocenters. The quantitative estimate of drug-likeness (QED) is 0.414. The molecular formula is C13H28O3. The van der Waals surface area contributed by atoms with Gasteiger partial charge in [-0.25, -0.2) is 0 Å². The van der Waals surface area contributed by atoms with Crippen molar-refractivity contribution in [2.24, 2.45) is 0 Å². The Morgan fingerprint density at radius 2 is 1.19 bits per heavy atom. The van der Waals surface area contributed by atoms with Crippen molar-refractivity contribution < 1.29 is 14.6 Å². The molecule has 0 rings (SSSR count). The number of unbranched alkanes of at least 4 members (excludes halogenated alkanes) is 6. The minimum absolute atomic E-state index is 0.593. The van der Waals surface area contributed by atoms with E-state index < -0.39 is 6.48 Å². The zero-order valence-electron chi connectivity index (χ0n) is 10.9. The molecule has 1 N–H and O–H groups in total. The van der Waals surface area contributed by atoms with Crippen LogP contribution in [0.4, 0.5) is 0 Å². The van der Waals surface area contributed by atoms with E-state index in [0.717, 1.165) is 12.8 Å². The van der Waals surface area contributed by atoms with Gasteiger partial charge in [0.1, 0.15) is 0 Å². The molecule has 0 aromatic heterocycles. The highest BCUT2D eigenvalue weighted by atomic mass is 16.8. The molecule has 3 heteroatoms. The van der Waals surface area contributed by atoms with Gasteiger partial charge in [-0.15, -0.1) is 0 Å². The molecule has 0 aromatic rings. The molecule has 0 radical (unpaired) electrons. The third kappa shape index (κ3) is 12.0. The Labute approximate surface area is 100 Å². The Kier molecular flexibility index (Phi) is 12.9. The van der Waals surface area contributed by atoms with Gasteiger partial charge in [-0.3, -0.25) is 0 Å². The normalized spacial score (nSPS) is 11.2.